The molecule has 8 heteroatoms. The molecule has 1 aliphatic heterocycles. The van der Waals surface area contributed by atoms with Crippen LogP contribution in [-0.4, -0.2) is 38.2 Å². The Bertz CT molecular complexity index is 795. The second-order valence-corrected chi connectivity index (χ2v) is 5.53. The molecular formula is C13H10N2O5S. The third-order valence-electron chi connectivity index (χ3n) is 2.94. The maximum atomic E-state index is 11.3. The predicted molar refractivity (Wildman–Crippen MR) is 73.9 cm³/mol. The van der Waals surface area contributed by atoms with Crippen LogP contribution in [0.2, 0.25) is 0 Å². The number of imidazole rings is 1. The number of aliphatic hydroxyl groups is 1. The van der Waals surface area contributed by atoms with E-state index in [0.29, 0.717) is 5.16 Å². The number of H-pyrrole nitrogens is 1. The number of thioether (sulfide) groups is 1. The van der Waals surface area contributed by atoms with E-state index in [9.17, 15) is 14.7 Å². The lowest BCUT2D eigenvalue weighted by Gasteiger charge is -2.06. The molecule has 1 aliphatic rings. The van der Waals surface area contributed by atoms with Gasteiger partial charge in [-0.1, -0.05) is 6.07 Å². The Morgan fingerprint density at radius 3 is 2.95 bits per heavy atom. The molecule has 1 atom stereocenters. The standard InChI is InChI=1S/C13H10N2O5S/c1-5-2-3-6-7(4-5)15-13(14-6)21-10-8(16)12(19)20-9(10)11(17)18/h2-4,9,16H,1H3,(H,14,15)(H,17,18). The van der Waals surface area contributed by atoms with Gasteiger partial charge in [0, 0.05) is 0 Å². The molecule has 1 aromatic carbocycles. The fourth-order valence-electron chi connectivity index (χ4n) is 1.95. The van der Waals surface area contributed by atoms with E-state index in [4.69, 9.17) is 5.11 Å². The van der Waals surface area contributed by atoms with Gasteiger partial charge in [-0.2, -0.15) is 0 Å². The topological polar surface area (TPSA) is 113 Å². The molecule has 0 amide bonds. The highest BCUT2D eigenvalue weighted by molar-refractivity contribution is 8.03. The Morgan fingerprint density at radius 2 is 2.24 bits per heavy atom. The highest BCUT2D eigenvalue weighted by atomic mass is 32.2. The van der Waals surface area contributed by atoms with Gasteiger partial charge in [-0.05, 0) is 36.4 Å². The van der Waals surface area contributed by atoms with Gasteiger partial charge in [0.05, 0.1) is 15.9 Å². The molecular weight excluding hydrogens is 296 g/mol. The molecule has 108 valence electrons. The van der Waals surface area contributed by atoms with E-state index >= 15 is 0 Å². The normalized spacial score (nSPS) is 18.3. The molecule has 2 aromatic rings. The van der Waals surface area contributed by atoms with E-state index in [1.165, 1.54) is 0 Å². The van der Waals surface area contributed by atoms with Crippen molar-refractivity contribution in [3.05, 3.63) is 34.4 Å². The lowest BCUT2D eigenvalue weighted by molar-refractivity contribution is -0.156. The van der Waals surface area contributed by atoms with Crippen LogP contribution in [0, 0.1) is 6.92 Å². The van der Waals surface area contributed by atoms with Crippen molar-refractivity contribution in [3.8, 4) is 0 Å². The van der Waals surface area contributed by atoms with Crippen LogP contribution < -0.4 is 0 Å². The van der Waals surface area contributed by atoms with Gasteiger partial charge in [-0.15, -0.1) is 0 Å². The summed E-state index contributed by atoms with van der Waals surface area (Å²) in [6.07, 6.45) is -1.50. The van der Waals surface area contributed by atoms with Gasteiger partial charge in [-0.25, -0.2) is 14.6 Å². The average molecular weight is 306 g/mol. The maximum Gasteiger partial charge on any atom is 0.375 e. The van der Waals surface area contributed by atoms with E-state index < -0.39 is 23.8 Å². The fraction of sp³-hybridized carbons (Fsp3) is 0.154. The van der Waals surface area contributed by atoms with Crippen LogP contribution in [0.15, 0.2) is 34.0 Å². The van der Waals surface area contributed by atoms with Crippen LogP contribution in [0.4, 0.5) is 0 Å². The van der Waals surface area contributed by atoms with Gasteiger partial charge < -0.3 is 19.9 Å². The van der Waals surface area contributed by atoms with E-state index in [1.54, 1.807) is 0 Å². The molecule has 21 heavy (non-hydrogen) atoms. The molecule has 0 spiro atoms. The number of nitrogens with one attached hydrogen (secondary N) is 1. The first-order valence-electron chi connectivity index (χ1n) is 5.97. The van der Waals surface area contributed by atoms with E-state index in [1.807, 2.05) is 25.1 Å². The van der Waals surface area contributed by atoms with Gasteiger partial charge in [-0.3, -0.25) is 0 Å². The molecule has 1 unspecified atom stereocenters. The van der Waals surface area contributed by atoms with E-state index in [-0.39, 0.29) is 4.91 Å². The Labute approximate surface area is 122 Å². The number of rotatable bonds is 3. The van der Waals surface area contributed by atoms with Crippen molar-refractivity contribution >= 4 is 34.7 Å². The molecule has 0 saturated heterocycles. The molecule has 0 radical (unpaired) electrons. The van der Waals surface area contributed by atoms with Crippen molar-refractivity contribution in [2.24, 2.45) is 0 Å². The number of carboxylic acid groups (broad SMARTS) is 1. The first-order valence-corrected chi connectivity index (χ1v) is 6.78. The Morgan fingerprint density at radius 1 is 1.48 bits per heavy atom. The number of aryl methyl sites for hydroxylation is 1. The van der Waals surface area contributed by atoms with Crippen molar-refractivity contribution in [1.82, 2.24) is 9.97 Å². The average Bonchev–Trinajstić information content (AvgIpc) is 2.94. The summed E-state index contributed by atoms with van der Waals surface area (Å²) in [5, 5.41) is 19.0. The third-order valence-corrected chi connectivity index (χ3v) is 3.95. The summed E-state index contributed by atoms with van der Waals surface area (Å²) in [6.45, 7) is 1.93. The number of carboxylic acids is 1. The second-order valence-electron chi connectivity index (χ2n) is 4.50. The largest absolute Gasteiger partial charge is 0.501 e. The zero-order chi connectivity index (χ0) is 15.1. The van der Waals surface area contributed by atoms with Crippen LogP contribution >= 0.6 is 11.8 Å². The van der Waals surface area contributed by atoms with Gasteiger partial charge >= 0.3 is 11.9 Å². The summed E-state index contributed by atoms with van der Waals surface area (Å²) in [5.41, 5.74) is 2.53. The van der Waals surface area contributed by atoms with Crippen molar-refractivity contribution in [2.75, 3.05) is 0 Å². The number of ether oxygens (including phenoxy) is 1. The monoisotopic (exact) mass is 306 g/mol. The quantitative estimate of drug-likeness (QED) is 0.740. The lowest BCUT2D eigenvalue weighted by Crippen LogP contribution is -2.22. The number of aliphatic carboxylic acids is 1. The highest BCUT2D eigenvalue weighted by Gasteiger charge is 2.40. The molecule has 0 aliphatic carbocycles. The second kappa shape index (κ2) is 4.81. The summed E-state index contributed by atoms with van der Waals surface area (Å²) in [6, 6.07) is 5.63. The fourth-order valence-corrected chi connectivity index (χ4v) is 2.90. The molecule has 7 nitrogen and oxygen atoms in total. The Hall–Kier alpha value is -2.48. The summed E-state index contributed by atoms with van der Waals surface area (Å²) >= 11 is 0.867. The van der Waals surface area contributed by atoms with Crippen LogP contribution in [0.5, 0.6) is 0 Å². The lowest BCUT2D eigenvalue weighted by atomic mass is 10.2. The number of hydrogen-bond acceptors (Lipinski definition) is 6. The summed E-state index contributed by atoms with van der Waals surface area (Å²) < 4.78 is 4.59. The summed E-state index contributed by atoms with van der Waals surface area (Å²) in [5.74, 6) is -3.08. The number of fused-ring (bicyclic) bond motifs is 1. The number of carbonyl (C=O) groups is 2. The number of benzene rings is 1. The molecule has 0 fully saturated rings. The zero-order valence-corrected chi connectivity index (χ0v) is 11.6. The van der Waals surface area contributed by atoms with Crippen LogP contribution in [0.1, 0.15) is 5.56 Å². The molecule has 0 bridgehead atoms. The first kappa shape index (κ1) is 13.5. The minimum Gasteiger partial charge on any atom is -0.501 e. The minimum absolute atomic E-state index is 0.0803. The third kappa shape index (κ3) is 2.33. The number of carbonyl (C=O) groups excluding carboxylic acids is 1. The van der Waals surface area contributed by atoms with Crippen LogP contribution in [-0.2, 0) is 14.3 Å². The van der Waals surface area contributed by atoms with Gasteiger partial charge in [0.25, 0.3) is 0 Å². The van der Waals surface area contributed by atoms with Crippen molar-refractivity contribution in [3.63, 3.8) is 0 Å². The smallest absolute Gasteiger partial charge is 0.375 e. The van der Waals surface area contributed by atoms with Gasteiger partial charge in [0.2, 0.25) is 11.9 Å². The molecule has 3 N–H and O–H groups in total. The van der Waals surface area contributed by atoms with Crippen molar-refractivity contribution < 1.29 is 24.5 Å². The van der Waals surface area contributed by atoms with Crippen LogP contribution in [0.25, 0.3) is 11.0 Å². The van der Waals surface area contributed by atoms with E-state index in [0.717, 1.165) is 28.4 Å². The highest BCUT2D eigenvalue weighted by Crippen LogP contribution is 2.35. The first-order chi connectivity index (χ1) is 9.95. The van der Waals surface area contributed by atoms with Gasteiger partial charge in [0.15, 0.2) is 5.16 Å². The minimum atomic E-state index is -1.50. The summed E-state index contributed by atoms with van der Waals surface area (Å²) in [4.78, 5) is 29.5. The Balaban J connectivity index is 1.97. The summed E-state index contributed by atoms with van der Waals surface area (Å²) in [7, 11) is 0. The molecule has 1 aromatic heterocycles. The van der Waals surface area contributed by atoms with Crippen LogP contribution in [0.3, 0.4) is 0 Å². The molecule has 0 saturated carbocycles. The Kier molecular flexibility index (Phi) is 3.09. The SMILES string of the molecule is Cc1ccc2[nH]c(SC3=C(O)C(=O)OC3C(=O)O)nc2c1. The predicted octanol–water partition coefficient (Wildman–Crippen LogP) is 1.74. The van der Waals surface area contributed by atoms with Crippen molar-refractivity contribution in [2.45, 2.75) is 18.2 Å². The number of aromatic nitrogens is 2. The number of nitrogens with zero attached hydrogens (tertiary/aromatic N) is 1. The molecule has 3 rings (SSSR count). The number of aliphatic hydroxyl groups excluding tert-OH is 1. The maximum absolute atomic E-state index is 11.3. The number of esters is 1. The molecule has 2 heterocycles. The number of aromatic amines is 1. The van der Waals surface area contributed by atoms with E-state index in [2.05, 4.69) is 14.7 Å². The number of cyclic esters (lactones) is 1. The van der Waals surface area contributed by atoms with Gasteiger partial charge in [0.1, 0.15) is 0 Å². The van der Waals surface area contributed by atoms with Crippen molar-refractivity contribution in [1.29, 1.82) is 0 Å². The zero-order valence-electron chi connectivity index (χ0n) is 10.8. The number of hydrogen-bond donors (Lipinski definition) is 3.